The molecule has 2 heterocycles. The third-order valence-corrected chi connectivity index (χ3v) is 4.44. The summed E-state index contributed by atoms with van der Waals surface area (Å²) in [6.45, 7) is 1.95. The van der Waals surface area contributed by atoms with Crippen molar-refractivity contribution in [3.63, 3.8) is 0 Å². The molecule has 2 aromatic carbocycles. The molecule has 0 fully saturated rings. The molecule has 1 atom stereocenters. The molecule has 2 aliphatic heterocycles. The average molecular weight is 325 g/mol. The van der Waals surface area contributed by atoms with Crippen LogP contribution in [0.5, 0.6) is 11.5 Å². The topological polar surface area (TPSA) is 84.9 Å². The number of nitrogens with one attached hydrogen (secondary N) is 1. The van der Waals surface area contributed by atoms with Gasteiger partial charge in [0.25, 0.3) is 5.91 Å². The molecular formula is C18H15NO5. The van der Waals surface area contributed by atoms with Gasteiger partial charge in [-0.2, -0.15) is 0 Å². The van der Waals surface area contributed by atoms with E-state index in [1.54, 1.807) is 30.3 Å². The van der Waals surface area contributed by atoms with Crippen LogP contribution < -0.4 is 14.8 Å². The minimum Gasteiger partial charge on any atom is -0.454 e. The van der Waals surface area contributed by atoms with Gasteiger partial charge in [0.1, 0.15) is 0 Å². The van der Waals surface area contributed by atoms with Gasteiger partial charge in [-0.15, -0.1) is 0 Å². The third kappa shape index (κ3) is 2.07. The number of anilines is 1. The van der Waals surface area contributed by atoms with Crippen LogP contribution in [0.3, 0.4) is 0 Å². The van der Waals surface area contributed by atoms with Crippen LogP contribution in [0, 0.1) is 6.92 Å². The molecule has 0 bridgehead atoms. The van der Waals surface area contributed by atoms with Crippen molar-refractivity contribution in [3.8, 4) is 11.5 Å². The van der Waals surface area contributed by atoms with E-state index in [-0.39, 0.29) is 19.0 Å². The number of amides is 1. The number of carbonyl (C=O) groups excluding carboxylic acids is 2. The number of aliphatic hydroxyl groups is 1. The molecule has 0 spiro atoms. The Morgan fingerprint density at radius 3 is 2.88 bits per heavy atom. The van der Waals surface area contributed by atoms with Gasteiger partial charge in [0, 0.05) is 11.1 Å². The second-order valence-electron chi connectivity index (χ2n) is 5.98. The maximum atomic E-state index is 12.6. The standard InChI is InChI=1S/C18H15NO5/c1-10-3-2-4-12-16(10)19-17(21)18(12,22)8-13(20)11-5-6-14-15(7-11)24-9-23-14/h2-7,22H,8-9H2,1H3,(H,19,21). The zero-order valence-corrected chi connectivity index (χ0v) is 13.0. The van der Waals surface area contributed by atoms with E-state index in [2.05, 4.69) is 5.32 Å². The summed E-state index contributed by atoms with van der Waals surface area (Å²) in [5, 5.41) is 13.5. The highest BCUT2D eigenvalue weighted by Crippen LogP contribution is 2.41. The molecule has 0 saturated carbocycles. The molecule has 2 aromatic rings. The largest absolute Gasteiger partial charge is 0.454 e. The quantitative estimate of drug-likeness (QED) is 0.845. The van der Waals surface area contributed by atoms with E-state index in [0.29, 0.717) is 28.3 Å². The maximum absolute atomic E-state index is 12.6. The lowest BCUT2D eigenvalue weighted by atomic mass is 9.87. The van der Waals surface area contributed by atoms with Crippen molar-refractivity contribution in [3.05, 3.63) is 53.1 Å². The zero-order valence-electron chi connectivity index (χ0n) is 13.0. The molecule has 2 aliphatic rings. The van der Waals surface area contributed by atoms with Crippen molar-refractivity contribution < 1.29 is 24.2 Å². The fraction of sp³-hybridized carbons (Fsp3) is 0.222. The predicted octanol–water partition coefficient (Wildman–Crippen LogP) is 2.14. The highest BCUT2D eigenvalue weighted by molar-refractivity contribution is 6.10. The smallest absolute Gasteiger partial charge is 0.261 e. The van der Waals surface area contributed by atoms with Gasteiger partial charge in [-0.3, -0.25) is 9.59 Å². The van der Waals surface area contributed by atoms with Gasteiger partial charge in [-0.05, 0) is 30.7 Å². The van der Waals surface area contributed by atoms with E-state index in [0.717, 1.165) is 5.56 Å². The van der Waals surface area contributed by atoms with Gasteiger partial charge in [-0.25, -0.2) is 0 Å². The number of hydrogen-bond donors (Lipinski definition) is 2. The molecule has 6 nitrogen and oxygen atoms in total. The lowest BCUT2D eigenvalue weighted by Gasteiger charge is -2.20. The van der Waals surface area contributed by atoms with Gasteiger partial charge in [-0.1, -0.05) is 18.2 Å². The summed E-state index contributed by atoms with van der Waals surface area (Å²) in [4.78, 5) is 24.9. The molecule has 0 radical (unpaired) electrons. The van der Waals surface area contributed by atoms with Crippen LogP contribution in [-0.2, 0) is 10.4 Å². The van der Waals surface area contributed by atoms with Crippen LogP contribution >= 0.6 is 0 Å². The van der Waals surface area contributed by atoms with Gasteiger partial charge in [0.15, 0.2) is 22.9 Å². The Hall–Kier alpha value is -2.86. The van der Waals surface area contributed by atoms with E-state index < -0.39 is 11.5 Å². The number of fused-ring (bicyclic) bond motifs is 2. The second-order valence-corrected chi connectivity index (χ2v) is 5.98. The number of ketones is 1. The van der Waals surface area contributed by atoms with Crippen LogP contribution in [-0.4, -0.2) is 23.6 Å². The molecule has 0 aromatic heterocycles. The SMILES string of the molecule is Cc1cccc2c1NC(=O)C2(O)CC(=O)c1ccc2c(c1)OCO2. The second kappa shape index (κ2) is 5.07. The molecule has 2 N–H and O–H groups in total. The molecular weight excluding hydrogens is 310 g/mol. The van der Waals surface area contributed by atoms with Crippen molar-refractivity contribution in [1.29, 1.82) is 0 Å². The first-order valence-electron chi connectivity index (χ1n) is 7.56. The number of carbonyl (C=O) groups is 2. The number of para-hydroxylation sites is 1. The molecule has 0 saturated heterocycles. The number of hydrogen-bond acceptors (Lipinski definition) is 5. The molecule has 4 rings (SSSR count). The first-order chi connectivity index (χ1) is 11.5. The number of ether oxygens (including phenoxy) is 2. The first kappa shape index (κ1) is 14.7. The van der Waals surface area contributed by atoms with Crippen LogP contribution in [0.4, 0.5) is 5.69 Å². The number of aryl methyl sites for hydroxylation is 1. The number of Topliss-reactive ketones (excluding diaryl/α,β-unsaturated/α-hetero) is 1. The van der Waals surface area contributed by atoms with Crippen molar-refractivity contribution in [2.75, 3.05) is 12.1 Å². The normalized spacial score (nSPS) is 20.7. The summed E-state index contributed by atoms with van der Waals surface area (Å²) in [6.07, 6.45) is -0.338. The Morgan fingerprint density at radius 2 is 2.04 bits per heavy atom. The molecule has 6 heteroatoms. The van der Waals surface area contributed by atoms with Crippen LogP contribution in [0.2, 0.25) is 0 Å². The molecule has 0 aliphatic carbocycles. The Bertz CT molecular complexity index is 876. The van der Waals surface area contributed by atoms with E-state index >= 15 is 0 Å². The molecule has 1 amide bonds. The van der Waals surface area contributed by atoms with E-state index in [1.807, 2.05) is 13.0 Å². The molecule has 1 unspecified atom stereocenters. The lowest BCUT2D eigenvalue weighted by molar-refractivity contribution is -0.133. The lowest BCUT2D eigenvalue weighted by Crippen LogP contribution is -2.36. The monoisotopic (exact) mass is 325 g/mol. The van der Waals surface area contributed by atoms with Crippen molar-refractivity contribution in [1.82, 2.24) is 0 Å². The van der Waals surface area contributed by atoms with Crippen molar-refractivity contribution in [2.24, 2.45) is 0 Å². The Morgan fingerprint density at radius 1 is 1.25 bits per heavy atom. The third-order valence-electron chi connectivity index (χ3n) is 4.44. The highest BCUT2D eigenvalue weighted by atomic mass is 16.7. The van der Waals surface area contributed by atoms with Gasteiger partial charge >= 0.3 is 0 Å². The summed E-state index contributed by atoms with van der Waals surface area (Å²) in [5.41, 5.74) is 0.341. The first-order valence-corrected chi connectivity index (χ1v) is 7.56. The highest BCUT2D eigenvalue weighted by Gasteiger charge is 2.47. The van der Waals surface area contributed by atoms with Crippen LogP contribution in [0.15, 0.2) is 36.4 Å². The van der Waals surface area contributed by atoms with Gasteiger partial charge in [0.2, 0.25) is 6.79 Å². The fourth-order valence-corrected chi connectivity index (χ4v) is 3.10. The van der Waals surface area contributed by atoms with E-state index in [9.17, 15) is 14.7 Å². The van der Waals surface area contributed by atoms with Crippen LogP contribution in [0.1, 0.15) is 27.9 Å². The summed E-state index contributed by atoms with van der Waals surface area (Å²) in [5.74, 6) is 0.131. The summed E-state index contributed by atoms with van der Waals surface area (Å²) >= 11 is 0. The Labute approximate surface area is 138 Å². The van der Waals surface area contributed by atoms with Gasteiger partial charge in [0.05, 0.1) is 12.1 Å². The minimum atomic E-state index is -1.87. The Balaban J connectivity index is 1.67. The summed E-state index contributed by atoms with van der Waals surface area (Å²) < 4.78 is 10.5. The van der Waals surface area contributed by atoms with Crippen molar-refractivity contribution >= 4 is 17.4 Å². The minimum absolute atomic E-state index is 0.117. The summed E-state index contributed by atoms with van der Waals surface area (Å²) in [6, 6.07) is 10.1. The van der Waals surface area contributed by atoms with Crippen LogP contribution in [0.25, 0.3) is 0 Å². The fourth-order valence-electron chi connectivity index (χ4n) is 3.10. The zero-order chi connectivity index (χ0) is 16.9. The number of benzene rings is 2. The van der Waals surface area contributed by atoms with E-state index in [1.165, 1.54) is 0 Å². The number of rotatable bonds is 3. The molecule has 24 heavy (non-hydrogen) atoms. The average Bonchev–Trinajstić information content (AvgIpc) is 3.12. The van der Waals surface area contributed by atoms with Crippen molar-refractivity contribution in [2.45, 2.75) is 18.9 Å². The van der Waals surface area contributed by atoms with E-state index in [4.69, 9.17) is 9.47 Å². The predicted molar refractivity (Wildman–Crippen MR) is 85.2 cm³/mol. The Kier molecular flexibility index (Phi) is 3.11. The summed E-state index contributed by atoms with van der Waals surface area (Å²) in [7, 11) is 0. The van der Waals surface area contributed by atoms with Gasteiger partial charge < -0.3 is 19.9 Å². The molecule has 122 valence electrons. The maximum Gasteiger partial charge on any atom is 0.261 e.